The molecule has 0 saturated carbocycles. The summed E-state index contributed by atoms with van der Waals surface area (Å²) in [5, 5.41) is 28.6. The molecule has 0 radical (unpaired) electrons. The highest BCUT2D eigenvalue weighted by atomic mass is 31.2. The van der Waals surface area contributed by atoms with Crippen molar-refractivity contribution in [2.75, 3.05) is 6.61 Å². The minimum atomic E-state index is -4.77. The maximum absolute atomic E-state index is 10.4. The second-order valence-corrected chi connectivity index (χ2v) is 5.02. The summed E-state index contributed by atoms with van der Waals surface area (Å²) >= 11 is 0. The van der Waals surface area contributed by atoms with E-state index in [9.17, 15) is 19.9 Å². The summed E-state index contributed by atoms with van der Waals surface area (Å²) in [6.45, 7) is 0.609. The Morgan fingerprint density at radius 1 is 1.50 bits per heavy atom. The zero-order valence-corrected chi connectivity index (χ0v) is 9.45. The van der Waals surface area contributed by atoms with Crippen molar-refractivity contribution >= 4 is 7.82 Å². The number of hydrogen-bond acceptors (Lipinski definition) is 6. The predicted molar refractivity (Wildman–Crippen MR) is 50.1 cm³/mol. The fraction of sp³-hybridized carbons (Fsp3) is 1.00. The van der Waals surface area contributed by atoms with Gasteiger partial charge in [-0.2, -0.15) is 0 Å². The van der Waals surface area contributed by atoms with Crippen LogP contribution in [0.15, 0.2) is 0 Å². The molecule has 4 atom stereocenters. The summed E-state index contributed by atoms with van der Waals surface area (Å²) in [6.07, 6.45) is -3.38. The molecule has 8 nitrogen and oxygen atoms in total. The molecule has 96 valence electrons. The number of aliphatic hydroxyl groups is 3. The average Bonchev–Trinajstić information content (AvgIpc) is 2.10. The molecule has 1 aliphatic heterocycles. The Balaban J connectivity index is 2.69. The molecule has 0 bridgehead atoms. The molecule has 9 heteroatoms. The summed E-state index contributed by atoms with van der Waals surface area (Å²) in [5.74, 6) is -2.32. The first-order valence-electron chi connectivity index (χ1n) is 4.60. The second kappa shape index (κ2) is 4.67. The van der Waals surface area contributed by atoms with E-state index in [0.717, 1.165) is 0 Å². The Morgan fingerprint density at radius 2 is 2.06 bits per heavy atom. The molecule has 0 spiro atoms. The van der Waals surface area contributed by atoms with Crippen LogP contribution in [0.25, 0.3) is 0 Å². The van der Waals surface area contributed by atoms with Crippen LogP contribution in [0.1, 0.15) is 13.3 Å². The lowest BCUT2D eigenvalue weighted by Gasteiger charge is -2.41. The van der Waals surface area contributed by atoms with Crippen LogP contribution in [0, 0.1) is 0 Å². The Morgan fingerprint density at radius 3 is 2.56 bits per heavy atom. The third-order valence-corrected chi connectivity index (χ3v) is 2.71. The van der Waals surface area contributed by atoms with E-state index in [1.807, 2.05) is 0 Å². The van der Waals surface area contributed by atoms with Gasteiger partial charge in [0.1, 0.15) is 12.7 Å². The van der Waals surface area contributed by atoms with E-state index in [4.69, 9.17) is 14.5 Å². The van der Waals surface area contributed by atoms with Crippen LogP contribution >= 0.6 is 7.82 Å². The van der Waals surface area contributed by atoms with E-state index >= 15 is 0 Å². The van der Waals surface area contributed by atoms with Crippen molar-refractivity contribution in [2.45, 2.75) is 37.4 Å². The number of phosphoric ester groups is 1. The van der Waals surface area contributed by atoms with Gasteiger partial charge in [0, 0.05) is 6.42 Å². The maximum atomic E-state index is 10.4. The number of ether oxygens (including phenoxy) is 1. The molecule has 5 N–H and O–H groups in total. The van der Waals surface area contributed by atoms with Crippen LogP contribution < -0.4 is 0 Å². The normalized spacial score (nSPS) is 41.0. The fourth-order valence-electron chi connectivity index (χ4n) is 1.53. The van der Waals surface area contributed by atoms with Crippen molar-refractivity contribution in [3.8, 4) is 0 Å². The summed E-state index contributed by atoms with van der Waals surface area (Å²) in [7, 11) is -4.77. The minimum absolute atomic E-state index is 0.111. The monoisotopic (exact) mass is 258 g/mol. The lowest BCUT2D eigenvalue weighted by molar-refractivity contribution is -0.328. The third-order valence-electron chi connectivity index (χ3n) is 2.24. The van der Waals surface area contributed by atoms with Gasteiger partial charge in [-0.05, 0) is 6.92 Å². The van der Waals surface area contributed by atoms with Gasteiger partial charge in [0.25, 0.3) is 0 Å². The zero-order chi connectivity index (χ0) is 12.6. The van der Waals surface area contributed by atoms with Crippen LogP contribution in [0.5, 0.6) is 0 Å². The summed E-state index contributed by atoms with van der Waals surface area (Å²) in [4.78, 5) is 16.9. The molecule has 0 amide bonds. The van der Waals surface area contributed by atoms with E-state index < -0.39 is 38.5 Å². The topological polar surface area (TPSA) is 137 Å². The van der Waals surface area contributed by atoms with E-state index in [1.54, 1.807) is 0 Å². The molecule has 1 fully saturated rings. The van der Waals surface area contributed by atoms with Crippen molar-refractivity contribution in [1.29, 1.82) is 0 Å². The number of aliphatic hydroxyl groups excluding tert-OH is 2. The number of hydrogen-bond donors (Lipinski definition) is 5. The van der Waals surface area contributed by atoms with Gasteiger partial charge in [-0.3, -0.25) is 4.52 Å². The molecule has 0 aliphatic carbocycles. The minimum Gasteiger partial charge on any atom is -0.390 e. The lowest BCUT2D eigenvalue weighted by Crippen LogP contribution is -2.59. The Labute approximate surface area is 91.7 Å². The SMILES string of the molecule is CC1CC(O)C(O)[C@@](O)(COP(=O)(O)O)O1. The maximum Gasteiger partial charge on any atom is 0.469 e. The Bertz CT molecular complexity index is 290. The summed E-state index contributed by atoms with van der Waals surface area (Å²) in [5.41, 5.74) is 0. The molecular formula is C7H15O8P. The smallest absolute Gasteiger partial charge is 0.390 e. The highest BCUT2D eigenvalue weighted by molar-refractivity contribution is 7.46. The van der Waals surface area contributed by atoms with E-state index in [2.05, 4.69) is 4.52 Å². The fourth-order valence-corrected chi connectivity index (χ4v) is 1.88. The van der Waals surface area contributed by atoms with Gasteiger partial charge >= 0.3 is 7.82 Å². The van der Waals surface area contributed by atoms with Gasteiger partial charge < -0.3 is 29.8 Å². The Hall–Kier alpha value is -0.0500. The molecule has 3 unspecified atom stereocenters. The van der Waals surface area contributed by atoms with E-state index in [-0.39, 0.29) is 6.42 Å². The molecular weight excluding hydrogens is 243 g/mol. The largest absolute Gasteiger partial charge is 0.469 e. The van der Waals surface area contributed by atoms with Crippen LogP contribution in [0.2, 0.25) is 0 Å². The highest BCUT2D eigenvalue weighted by Crippen LogP contribution is 2.38. The van der Waals surface area contributed by atoms with E-state index in [0.29, 0.717) is 0 Å². The van der Waals surface area contributed by atoms with Crippen molar-refractivity contribution in [3.63, 3.8) is 0 Å². The third kappa shape index (κ3) is 3.47. The standard InChI is InChI=1S/C7H15O8P/c1-4-2-5(8)6(9)7(10,15-4)3-14-16(11,12)13/h4-6,8-10H,2-3H2,1H3,(H2,11,12,13)/t4?,5?,6?,7-/m1/s1. The van der Waals surface area contributed by atoms with Crippen LogP contribution in [0.4, 0.5) is 0 Å². The quantitative estimate of drug-likeness (QED) is 0.378. The summed E-state index contributed by atoms with van der Waals surface area (Å²) in [6, 6.07) is 0. The predicted octanol–water partition coefficient (Wildman–Crippen LogP) is -1.69. The molecule has 1 heterocycles. The average molecular weight is 258 g/mol. The zero-order valence-electron chi connectivity index (χ0n) is 8.55. The molecule has 1 aliphatic rings. The second-order valence-electron chi connectivity index (χ2n) is 3.79. The Kier molecular flexibility index (Phi) is 4.09. The van der Waals surface area contributed by atoms with Gasteiger partial charge in [0.2, 0.25) is 5.79 Å². The molecule has 16 heavy (non-hydrogen) atoms. The first-order valence-corrected chi connectivity index (χ1v) is 6.13. The molecule has 0 aromatic rings. The number of phosphoric acid groups is 1. The van der Waals surface area contributed by atoms with Crippen LogP contribution in [-0.4, -0.2) is 55.8 Å². The van der Waals surface area contributed by atoms with E-state index in [1.165, 1.54) is 6.92 Å². The molecule has 1 rings (SSSR count). The van der Waals surface area contributed by atoms with Crippen LogP contribution in [0.3, 0.4) is 0 Å². The van der Waals surface area contributed by atoms with Gasteiger partial charge in [-0.15, -0.1) is 0 Å². The van der Waals surface area contributed by atoms with Crippen molar-refractivity contribution in [1.82, 2.24) is 0 Å². The van der Waals surface area contributed by atoms with Gasteiger partial charge in [-0.1, -0.05) is 0 Å². The van der Waals surface area contributed by atoms with Gasteiger partial charge in [-0.25, -0.2) is 4.57 Å². The van der Waals surface area contributed by atoms with Crippen LogP contribution in [-0.2, 0) is 13.8 Å². The van der Waals surface area contributed by atoms with Crippen molar-refractivity contribution < 1.29 is 38.9 Å². The first-order chi connectivity index (χ1) is 7.14. The first kappa shape index (κ1) is 14.0. The highest BCUT2D eigenvalue weighted by Gasteiger charge is 2.48. The molecule has 0 aromatic heterocycles. The number of rotatable bonds is 3. The van der Waals surface area contributed by atoms with Crippen molar-refractivity contribution in [2.24, 2.45) is 0 Å². The van der Waals surface area contributed by atoms with Crippen molar-refractivity contribution in [3.05, 3.63) is 0 Å². The lowest BCUT2D eigenvalue weighted by atomic mass is 9.96. The molecule has 1 saturated heterocycles. The van der Waals surface area contributed by atoms with Gasteiger partial charge in [0.05, 0.1) is 12.2 Å². The summed E-state index contributed by atoms with van der Waals surface area (Å²) < 4.78 is 19.4. The van der Waals surface area contributed by atoms with Gasteiger partial charge in [0.15, 0.2) is 0 Å². The molecule has 0 aromatic carbocycles.